The fourth-order valence-corrected chi connectivity index (χ4v) is 1.23. The van der Waals surface area contributed by atoms with Crippen molar-refractivity contribution in [3.63, 3.8) is 0 Å². The molecule has 1 amide bonds. The van der Waals surface area contributed by atoms with Crippen LogP contribution in [-0.2, 0) is 4.79 Å². The first-order valence-electron chi connectivity index (χ1n) is 3.66. The summed E-state index contributed by atoms with van der Waals surface area (Å²) in [6, 6.07) is 0.130. The highest BCUT2D eigenvalue weighted by molar-refractivity contribution is 5.76. The third kappa shape index (κ3) is 1.99. The number of aliphatic hydroxyl groups excluding tert-OH is 1. The predicted octanol–water partition coefficient (Wildman–Crippen LogP) is 0.0359. The van der Waals surface area contributed by atoms with Crippen LogP contribution in [0, 0.1) is 0 Å². The summed E-state index contributed by atoms with van der Waals surface area (Å²) in [4.78, 5) is 10.8. The second kappa shape index (κ2) is 3.01. The Morgan fingerprint density at radius 1 is 1.70 bits per heavy atom. The maximum absolute atomic E-state index is 10.8. The van der Waals surface area contributed by atoms with E-state index in [1.165, 1.54) is 0 Å². The first kappa shape index (κ1) is 7.54. The number of aliphatic hydroxyl groups is 1. The van der Waals surface area contributed by atoms with E-state index in [0.29, 0.717) is 19.3 Å². The minimum absolute atomic E-state index is 0.0593. The summed E-state index contributed by atoms with van der Waals surface area (Å²) >= 11 is 0. The normalized spacial score (nSPS) is 34.8. The topological polar surface area (TPSA) is 49.3 Å². The van der Waals surface area contributed by atoms with Crippen molar-refractivity contribution >= 4 is 5.91 Å². The van der Waals surface area contributed by atoms with Crippen LogP contribution in [0.2, 0.25) is 0 Å². The van der Waals surface area contributed by atoms with Crippen LogP contribution in [0.4, 0.5) is 0 Å². The molecule has 10 heavy (non-hydrogen) atoms. The van der Waals surface area contributed by atoms with E-state index in [9.17, 15) is 9.90 Å². The molecule has 2 N–H and O–H groups in total. The van der Waals surface area contributed by atoms with Gasteiger partial charge in [-0.1, -0.05) is 0 Å². The van der Waals surface area contributed by atoms with Gasteiger partial charge < -0.3 is 10.4 Å². The molecule has 1 heterocycles. The van der Waals surface area contributed by atoms with Gasteiger partial charge in [0.05, 0.1) is 6.10 Å². The molecular weight excluding hydrogens is 130 g/mol. The van der Waals surface area contributed by atoms with Crippen LogP contribution in [0.25, 0.3) is 0 Å². The van der Waals surface area contributed by atoms with Crippen molar-refractivity contribution in [3.8, 4) is 0 Å². The van der Waals surface area contributed by atoms with Gasteiger partial charge in [-0.25, -0.2) is 0 Å². The van der Waals surface area contributed by atoms with Gasteiger partial charge in [0.15, 0.2) is 0 Å². The van der Waals surface area contributed by atoms with Crippen LogP contribution >= 0.6 is 0 Å². The van der Waals surface area contributed by atoms with Crippen molar-refractivity contribution in [1.82, 2.24) is 5.32 Å². The number of hydrogen-bond donors (Lipinski definition) is 2. The van der Waals surface area contributed by atoms with Gasteiger partial charge in [-0.05, 0) is 19.8 Å². The monoisotopic (exact) mass is 143 g/mol. The molecule has 2 unspecified atom stereocenters. The molecular formula is C7H13NO2. The fraction of sp³-hybridized carbons (Fsp3) is 0.857. The van der Waals surface area contributed by atoms with E-state index in [2.05, 4.69) is 5.32 Å². The molecule has 1 aliphatic rings. The van der Waals surface area contributed by atoms with Crippen LogP contribution in [-0.4, -0.2) is 23.2 Å². The molecule has 1 fully saturated rings. The van der Waals surface area contributed by atoms with Gasteiger partial charge in [-0.15, -0.1) is 0 Å². The SMILES string of the molecule is CC1CC(O)CCC(=O)N1. The van der Waals surface area contributed by atoms with Crippen molar-refractivity contribution in [1.29, 1.82) is 0 Å². The van der Waals surface area contributed by atoms with Gasteiger partial charge in [-0.2, -0.15) is 0 Å². The molecule has 0 aliphatic carbocycles. The molecule has 0 radical (unpaired) electrons. The van der Waals surface area contributed by atoms with E-state index in [1.54, 1.807) is 0 Å². The van der Waals surface area contributed by atoms with E-state index in [4.69, 9.17) is 0 Å². The molecule has 58 valence electrons. The quantitative estimate of drug-likeness (QED) is 0.503. The number of carbonyl (C=O) groups excluding carboxylic acids is 1. The van der Waals surface area contributed by atoms with Gasteiger partial charge >= 0.3 is 0 Å². The van der Waals surface area contributed by atoms with Crippen molar-refractivity contribution in [2.45, 2.75) is 38.3 Å². The van der Waals surface area contributed by atoms with E-state index in [1.807, 2.05) is 6.92 Å². The Morgan fingerprint density at radius 3 is 3.10 bits per heavy atom. The number of hydrogen-bond acceptors (Lipinski definition) is 2. The van der Waals surface area contributed by atoms with Crippen LogP contribution in [0.15, 0.2) is 0 Å². The third-order valence-corrected chi connectivity index (χ3v) is 1.74. The molecule has 0 spiro atoms. The smallest absolute Gasteiger partial charge is 0.220 e. The van der Waals surface area contributed by atoms with Gasteiger partial charge in [0.2, 0.25) is 5.91 Å². The lowest BCUT2D eigenvalue weighted by Crippen LogP contribution is -2.30. The Morgan fingerprint density at radius 2 is 2.40 bits per heavy atom. The first-order valence-corrected chi connectivity index (χ1v) is 3.66. The zero-order chi connectivity index (χ0) is 7.56. The van der Waals surface area contributed by atoms with E-state index in [0.717, 1.165) is 0 Å². The van der Waals surface area contributed by atoms with E-state index >= 15 is 0 Å². The summed E-state index contributed by atoms with van der Waals surface area (Å²) in [6.45, 7) is 1.91. The summed E-state index contributed by atoms with van der Waals surface area (Å²) in [7, 11) is 0. The summed E-state index contributed by atoms with van der Waals surface area (Å²) in [6.07, 6.45) is 1.46. The summed E-state index contributed by atoms with van der Waals surface area (Å²) < 4.78 is 0. The molecule has 1 aliphatic heterocycles. The highest BCUT2D eigenvalue weighted by Gasteiger charge is 2.17. The molecule has 3 nitrogen and oxygen atoms in total. The number of nitrogens with one attached hydrogen (secondary N) is 1. The summed E-state index contributed by atoms with van der Waals surface area (Å²) in [5.74, 6) is 0.0593. The zero-order valence-electron chi connectivity index (χ0n) is 6.13. The summed E-state index contributed by atoms with van der Waals surface area (Å²) in [5, 5.41) is 12.0. The Kier molecular flexibility index (Phi) is 2.27. The minimum Gasteiger partial charge on any atom is -0.393 e. The minimum atomic E-state index is -0.297. The molecule has 1 rings (SSSR count). The number of rotatable bonds is 0. The number of amides is 1. The molecule has 3 heteroatoms. The van der Waals surface area contributed by atoms with Gasteiger partial charge in [0.1, 0.15) is 0 Å². The zero-order valence-corrected chi connectivity index (χ0v) is 6.13. The van der Waals surface area contributed by atoms with Crippen LogP contribution < -0.4 is 5.32 Å². The lowest BCUT2D eigenvalue weighted by atomic mass is 10.1. The highest BCUT2D eigenvalue weighted by Crippen LogP contribution is 2.09. The van der Waals surface area contributed by atoms with Crippen molar-refractivity contribution in [2.75, 3.05) is 0 Å². The standard InChI is InChI=1S/C7H13NO2/c1-5-4-6(9)2-3-7(10)8-5/h5-6,9H,2-4H2,1H3,(H,8,10). The summed E-state index contributed by atoms with van der Waals surface area (Å²) in [5.41, 5.74) is 0. The van der Waals surface area contributed by atoms with Crippen molar-refractivity contribution < 1.29 is 9.90 Å². The molecule has 0 bridgehead atoms. The molecule has 0 aromatic heterocycles. The van der Waals surface area contributed by atoms with E-state index in [-0.39, 0.29) is 18.1 Å². The lowest BCUT2D eigenvalue weighted by Gasteiger charge is -2.10. The molecule has 0 aromatic rings. The van der Waals surface area contributed by atoms with Crippen molar-refractivity contribution in [2.24, 2.45) is 0 Å². The fourth-order valence-electron chi connectivity index (χ4n) is 1.23. The Bertz CT molecular complexity index is 136. The van der Waals surface area contributed by atoms with Crippen LogP contribution in [0.1, 0.15) is 26.2 Å². The average Bonchev–Trinajstić information content (AvgIpc) is 1.93. The third-order valence-electron chi connectivity index (χ3n) is 1.74. The predicted molar refractivity (Wildman–Crippen MR) is 37.5 cm³/mol. The maximum Gasteiger partial charge on any atom is 0.220 e. The largest absolute Gasteiger partial charge is 0.393 e. The Hall–Kier alpha value is -0.570. The lowest BCUT2D eigenvalue weighted by molar-refractivity contribution is -0.121. The van der Waals surface area contributed by atoms with Crippen molar-refractivity contribution in [3.05, 3.63) is 0 Å². The second-order valence-electron chi connectivity index (χ2n) is 2.90. The Labute approximate surface area is 60.4 Å². The number of carbonyl (C=O) groups is 1. The average molecular weight is 143 g/mol. The molecule has 0 saturated carbocycles. The van der Waals surface area contributed by atoms with E-state index < -0.39 is 0 Å². The first-order chi connectivity index (χ1) is 4.68. The molecule has 1 saturated heterocycles. The van der Waals surface area contributed by atoms with Gasteiger partial charge in [0.25, 0.3) is 0 Å². The molecule has 0 aromatic carbocycles. The maximum atomic E-state index is 10.8. The highest BCUT2D eigenvalue weighted by atomic mass is 16.3. The van der Waals surface area contributed by atoms with Gasteiger partial charge in [0, 0.05) is 12.5 Å². The van der Waals surface area contributed by atoms with Crippen LogP contribution in [0.5, 0.6) is 0 Å². The molecule has 2 atom stereocenters. The Balaban J connectivity index is 2.46. The van der Waals surface area contributed by atoms with Crippen LogP contribution in [0.3, 0.4) is 0 Å². The van der Waals surface area contributed by atoms with Gasteiger partial charge in [-0.3, -0.25) is 4.79 Å². The second-order valence-corrected chi connectivity index (χ2v) is 2.90.